The number of aromatic hydroxyl groups is 2. The van der Waals surface area contributed by atoms with Crippen LogP contribution in [0.15, 0.2) is 33.8 Å². The van der Waals surface area contributed by atoms with Crippen molar-refractivity contribution in [2.45, 2.75) is 38.5 Å². The maximum Gasteiger partial charge on any atom is 0.362 e. The van der Waals surface area contributed by atoms with Gasteiger partial charge in [0.2, 0.25) is 5.60 Å². The van der Waals surface area contributed by atoms with Crippen LogP contribution in [0.2, 0.25) is 0 Å². The summed E-state index contributed by atoms with van der Waals surface area (Å²) in [5.74, 6) is -3.55. The molecular formula is C20H23N7O9S2. The molecule has 0 radical (unpaired) electrons. The number of oxime groups is 1. The van der Waals surface area contributed by atoms with Gasteiger partial charge in [-0.1, -0.05) is 5.16 Å². The molecule has 1 saturated heterocycles. The van der Waals surface area contributed by atoms with Gasteiger partial charge >= 0.3 is 10.3 Å². The fourth-order valence-corrected chi connectivity index (χ4v) is 4.47. The zero-order valence-electron chi connectivity index (χ0n) is 20.0. The van der Waals surface area contributed by atoms with Crippen molar-refractivity contribution in [1.29, 1.82) is 0 Å². The molecule has 16 nitrogen and oxygen atoms in total. The number of anilines is 1. The van der Waals surface area contributed by atoms with Gasteiger partial charge in [-0.05, 0) is 44.5 Å². The van der Waals surface area contributed by atoms with Crippen molar-refractivity contribution in [2.75, 3.05) is 5.73 Å². The lowest BCUT2D eigenvalue weighted by Gasteiger charge is -2.42. The van der Waals surface area contributed by atoms with E-state index in [4.69, 9.17) is 15.1 Å². The Morgan fingerprint density at radius 2 is 1.97 bits per heavy atom. The van der Waals surface area contributed by atoms with Crippen molar-refractivity contribution in [2.24, 2.45) is 10.3 Å². The van der Waals surface area contributed by atoms with Crippen LogP contribution in [0.4, 0.5) is 5.13 Å². The molecule has 2 aromatic rings. The predicted molar refractivity (Wildman–Crippen MR) is 134 cm³/mol. The number of nitrogens with one attached hydrogen (secondary N) is 2. The van der Waals surface area contributed by atoms with Gasteiger partial charge in [0.05, 0.1) is 12.3 Å². The van der Waals surface area contributed by atoms with E-state index < -0.39 is 51.4 Å². The van der Waals surface area contributed by atoms with Gasteiger partial charge in [-0.25, -0.2) is 14.7 Å². The van der Waals surface area contributed by atoms with Crippen molar-refractivity contribution in [3.8, 4) is 11.5 Å². The van der Waals surface area contributed by atoms with Crippen LogP contribution in [0.25, 0.3) is 0 Å². The Bertz CT molecular complexity index is 1440. The van der Waals surface area contributed by atoms with Gasteiger partial charge in [-0.3, -0.25) is 18.9 Å². The first kappa shape index (κ1) is 28.3. The topological polar surface area (TPSA) is 246 Å². The number of aromatic nitrogens is 1. The van der Waals surface area contributed by atoms with Crippen LogP contribution in [0, 0.1) is 0 Å². The summed E-state index contributed by atoms with van der Waals surface area (Å²) in [6.07, 6.45) is 1.19. The smallest absolute Gasteiger partial charge is 0.362 e. The highest BCUT2D eigenvalue weighted by Gasteiger charge is 2.51. The Kier molecular flexibility index (Phi) is 7.89. The molecule has 1 aromatic heterocycles. The summed E-state index contributed by atoms with van der Waals surface area (Å²) < 4.78 is 31.9. The SMILES string of the molecule is C[C@H]1[C@H](NC(=O)C(=NOC(C)(C)C(=O)N/N=C\c2ccc(O)c(O)c2)c2csc(N)n2)C(=O)N1S(=O)(=O)O. The number of nitrogens with two attached hydrogens (primary N) is 1. The summed E-state index contributed by atoms with van der Waals surface area (Å²) >= 11 is 0.975. The average Bonchev–Trinajstić information content (AvgIpc) is 3.24. The summed E-state index contributed by atoms with van der Waals surface area (Å²) in [6, 6.07) is 1.50. The Labute approximate surface area is 219 Å². The highest BCUT2D eigenvalue weighted by molar-refractivity contribution is 7.84. The Hall–Kier alpha value is -4.29. The fourth-order valence-electron chi connectivity index (χ4n) is 3.04. The number of hydrogen-bond donors (Lipinski definition) is 6. The number of carbonyl (C=O) groups is 3. The van der Waals surface area contributed by atoms with E-state index in [0.717, 1.165) is 11.3 Å². The van der Waals surface area contributed by atoms with Crippen molar-refractivity contribution in [1.82, 2.24) is 20.0 Å². The van der Waals surface area contributed by atoms with E-state index in [-0.39, 0.29) is 26.6 Å². The van der Waals surface area contributed by atoms with Crippen molar-refractivity contribution in [3.63, 3.8) is 0 Å². The third kappa shape index (κ3) is 6.15. The molecule has 3 rings (SSSR count). The van der Waals surface area contributed by atoms with Gasteiger partial charge in [0, 0.05) is 5.38 Å². The van der Waals surface area contributed by atoms with Gasteiger partial charge in [0.15, 0.2) is 22.3 Å². The molecule has 1 aliphatic heterocycles. The molecule has 0 bridgehead atoms. The number of phenols is 2. The number of amides is 3. The molecule has 1 aromatic carbocycles. The summed E-state index contributed by atoms with van der Waals surface area (Å²) in [6.45, 7) is 3.93. The van der Waals surface area contributed by atoms with E-state index >= 15 is 0 Å². The van der Waals surface area contributed by atoms with Gasteiger partial charge < -0.3 is 26.1 Å². The number of hydrazone groups is 1. The number of nitrogens with zero attached hydrogens (tertiary/aromatic N) is 4. The molecule has 0 spiro atoms. The largest absolute Gasteiger partial charge is 0.504 e. The summed E-state index contributed by atoms with van der Waals surface area (Å²) in [5, 5.41) is 30.1. The minimum absolute atomic E-state index is 0.0440. The maximum atomic E-state index is 12.9. The van der Waals surface area contributed by atoms with Gasteiger partial charge in [0.25, 0.3) is 17.7 Å². The number of hydrogen-bond acceptors (Lipinski definition) is 13. The van der Waals surface area contributed by atoms with Crippen molar-refractivity contribution >= 4 is 56.4 Å². The van der Waals surface area contributed by atoms with Crippen LogP contribution in [0.3, 0.4) is 0 Å². The molecule has 1 fully saturated rings. The number of phenolic OH excluding ortho intramolecular Hbond substituents is 2. The molecule has 7 N–H and O–H groups in total. The number of nitrogen functional groups attached to an aromatic ring is 1. The van der Waals surface area contributed by atoms with Crippen molar-refractivity contribution < 1.29 is 42.4 Å². The average molecular weight is 570 g/mol. The highest BCUT2D eigenvalue weighted by atomic mass is 32.2. The molecule has 0 unspecified atom stereocenters. The monoisotopic (exact) mass is 569 g/mol. The Morgan fingerprint density at radius 1 is 1.29 bits per heavy atom. The molecule has 0 aliphatic carbocycles. The van der Waals surface area contributed by atoms with Crippen LogP contribution in [0.5, 0.6) is 11.5 Å². The van der Waals surface area contributed by atoms with E-state index in [1.165, 1.54) is 50.6 Å². The Morgan fingerprint density at radius 3 is 2.53 bits per heavy atom. The number of benzene rings is 1. The van der Waals surface area contributed by atoms with E-state index in [1.54, 1.807) is 0 Å². The second kappa shape index (κ2) is 10.6. The normalized spacial score (nSPS) is 18.3. The summed E-state index contributed by atoms with van der Waals surface area (Å²) in [7, 11) is -4.80. The molecular weight excluding hydrogens is 546 g/mol. The minimum Gasteiger partial charge on any atom is -0.504 e. The van der Waals surface area contributed by atoms with Gasteiger partial charge in [-0.2, -0.15) is 13.5 Å². The third-order valence-corrected chi connectivity index (χ3v) is 6.83. The number of rotatable bonds is 9. The molecule has 38 heavy (non-hydrogen) atoms. The van der Waals surface area contributed by atoms with Crippen molar-refractivity contribution in [3.05, 3.63) is 34.8 Å². The highest BCUT2D eigenvalue weighted by Crippen LogP contribution is 2.25. The van der Waals surface area contributed by atoms with Crippen LogP contribution >= 0.6 is 11.3 Å². The fraction of sp³-hybridized carbons (Fsp3) is 0.300. The van der Waals surface area contributed by atoms with Crippen LogP contribution in [-0.2, 0) is 29.5 Å². The second-order valence-electron chi connectivity index (χ2n) is 8.36. The van der Waals surface area contributed by atoms with Crippen LogP contribution in [0.1, 0.15) is 32.0 Å². The molecule has 3 amide bonds. The summed E-state index contributed by atoms with van der Waals surface area (Å²) in [4.78, 5) is 46.9. The Balaban J connectivity index is 1.73. The molecule has 204 valence electrons. The van der Waals surface area contributed by atoms with Gasteiger partial charge in [0.1, 0.15) is 11.7 Å². The van der Waals surface area contributed by atoms with Gasteiger partial charge in [-0.15, -0.1) is 11.3 Å². The first-order valence-electron chi connectivity index (χ1n) is 10.6. The third-order valence-electron chi connectivity index (χ3n) is 5.14. The van der Waals surface area contributed by atoms with E-state index in [2.05, 4.69) is 26.0 Å². The van der Waals surface area contributed by atoms with E-state index in [9.17, 15) is 33.0 Å². The maximum absolute atomic E-state index is 12.9. The standard InChI is InChI=1S/C20H23N7O9S2/c1-9-14(17(31)27(9)38(33,34)35)24-16(30)15(11-8-37-19(21)23-11)26-36-20(2,3)18(32)25-22-7-10-4-5-12(28)13(29)6-10/h4-9,14,28-29H,1-3H3,(H2,21,23)(H,24,30)(H,25,32)(H,33,34,35)/b22-7-,26-15?/t9-,14-/m0/s1. The first-order valence-corrected chi connectivity index (χ1v) is 12.8. The molecule has 1 aliphatic rings. The molecule has 18 heteroatoms. The van der Waals surface area contributed by atoms with Crippen LogP contribution in [-0.4, -0.2) is 79.8 Å². The zero-order chi connectivity index (χ0) is 28.4. The molecule has 2 atom stereocenters. The zero-order valence-corrected chi connectivity index (χ0v) is 21.6. The predicted octanol–water partition coefficient (Wildman–Crippen LogP) is -0.696. The minimum atomic E-state index is -4.80. The van der Waals surface area contributed by atoms with Crippen LogP contribution < -0.4 is 16.5 Å². The summed E-state index contributed by atoms with van der Waals surface area (Å²) in [5.41, 5.74) is 6.01. The van der Waals surface area contributed by atoms with E-state index in [0.29, 0.717) is 5.56 Å². The lowest BCUT2D eigenvalue weighted by Crippen LogP contribution is -2.71. The molecule has 2 heterocycles. The molecule has 0 saturated carbocycles. The van der Waals surface area contributed by atoms with E-state index in [1.807, 2.05) is 0 Å². The number of thiazole rings is 1. The number of carbonyl (C=O) groups excluding carboxylic acids is 3. The quantitative estimate of drug-likeness (QED) is 0.0724. The lowest BCUT2D eigenvalue weighted by atomic mass is 10.0. The lowest BCUT2D eigenvalue weighted by molar-refractivity contribution is -0.144. The second-order valence-corrected chi connectivity index (χ2v) is 10.5. The first-order chi connectivity index (χ1) is 17.6. The number of β-lactam (4-membered cyclic amide) rings is 1.